The first-order chi connectivity index (χ1) is 12.1. The van der Waals surface area contributed by atoms with Crippen LogP contribution in [-0.2, 0) is 16.0 Å². The summed E-state index contributed by atoms with van der Waals surface area (Å²) in [6.45, 7) is 5.90. The fourth-order valence-electron chi connectivity index (χ4n) is 3.68. The Bertz CT molecular complexity index is 647. The lowest BCUT2D eigenvalue weighted by Gasteiger charge is -2.31. The summed E-state index contributed by atoms with van der Waals surface area (Å²) in [5.41, 5.74) is 2.19. The van der Waals surface area contributed by atoms with Crippen LogP contribution in [0.3, 0.4) is 0 Å². The first-order valence-corrected chi connectivity index (χ1v) is 9.03. The van der Waals surface area contributed by atoms with Crippen LogP contribution < -0.4 is 9.64 Å². The molecule has 0 N–H and O–H groups in total. The normalized spacial score (nSPS) is 18.5. The summed E-state index contributed by atoms with van der Waals surface area (Å²) >= 11 is 0. The van der Waals surface area contributed by atoms with Crippen molar-refractivity contribution in [2.45, 2.75) is 26.2 Å². The maximum Gasteiger partial charge on any atom is 0.241 e. The predicted octanol–water partition coefficient (Wildman–Crippen LogP) is 1.53. The molecule has 2 aliphatic heterocycles. The van der Waals surface area contributed by atoms with E-state index in [1.54, 1.807) is 14.0 Å². The van der Waals surface area contributed by atoms with E-state index in [1.807, 2.05) is 28.0 Å². The average molecular weight is 345 g/mol. The Kier molecular flexibility index (Phi) is 5.58. The van der Waals surface area contributed by atoms with E-state index >= 15 is 0 Å². The summed E-state index contributed by atoms with van der Waals surface area (Å²) in [5.74, 6) is 1.10. The molecule has 0 unspecified atom stereocenters. The van der Waals surface area contributed by atoms with Crippen molar-refractivity contribution in [3.05, 3.63) is 23.8 Å². The fourth-order valence-corrected chi connectivity index (χ4v) is 3.68. The zero-order valence-electron chi connectivity index (χ0n) is 15.2. The van der Waals surface area contributed by atoms with Crippen molar-refractivity contribution < 1.29 is 14.3 Å². The second-order valence-corrected chi connectivity index (χ2v) is 6.78. The van der Waals surface area contributed by atoms with Gasteiger partial charge in [-0.3, -0.25) is 14.5 Å². The predicted molar refractivity (Wildman–Crippen MR) is 97.0 cm³/mol. The van der Waals surface area contributed by atoms with Crippen LogP contribution in [-0.4, -0.2) is 68.0 Å². The Morgan fingerprint density at radius 3 is 2.68 bits per heavy atom. The average Bonchev–Trinajstić information content (AvgIpc) is 2.86. The lowest BCUT2D eigenvalue weighted by Crippen LogP contribution is -2.44. The molecule has 0 radical (unpaired) electrons. The summed E-state index contributed by atoms with van der Waals surface area (Å²) in [6, 6.07) is 5.94. The van der Waals surface area contributed by atoms with Crippen molar-refractivity contribution in [3.63, 3.8) is 0 Å². The number of methoxy groups -OCH3 is 1. The van der Waals surface area contributed by atoms with Crippen molar-refractivity contribution >= 4 is 17.5 Å². The number of amides is 2. The maximum atomic E-state index is 12.9. The summed E-state index contributed by atoms with van der Waals surface area (Å²) in [6.07, 6.45) is 2.87. The molecule has 1 aromatic rings. The van der Waals surface area contributed by atoms with Gasteiger partial charge < -0.3 is 14.5 Å². The molecule has 136 valence electrons. The number of nitrogens with zero attached hydrogens (tertiary/aromatic N) is 3. The monoisotopic (exact) mass is 345 g/mol. The van der Waals surface area contributed by atoms with Gasteiger partial charge in [0.1, 0.15) is 5.75 Å². The molecule has 2 aliphatic rings. The highest BCUT2D eigenvalue weighted by Gasteiger charge is 2.25. The zero-order valence-corrected chi connectivity index (χ0v) is 15.2. The topological polar surface area (TPSA) is 53.1 Å². The van der Waals surface area contributed by atoms with Crippen LogP contribution in [0, 0.1) is 0 Å². The molecule has 6 heteroatoms. The first-order valence-electron chi connectivity index (χ1n) is 9.03. The third kappa shape index (κ3) is 4.12. The summed E-state index contributed by atoms with van der Waals surface area (Å²) < 4.78 is 5.30. The molecule has 3 rings (SSSR count). The third-order valence-electron chi connectivity index (χ3n) is 5.10. The number of hydrogen-bond donors (Lipinski definition) is 0. The smallest absolute Gasteiger partial charge is 0.241 e. The molecule has 0 bridgehead atoms. The molecule has 0 atom stereocenters. The number of fused-ring (bicyclic) bond motifs is 1. The van der Waals surface area contributed by atoms with E-state index < -0.39 is 0 Å². The number of aryl methyl sites for hydroxylation is 1. The van der Waals surface area contributed by atoms with Gasteiger partial charge in [-0.1, -0.05) is 0 Å². The minimum atomic E-state index is 0.118. The standard InChI is InChI=1S/C19H27N3O3/c1-15(23)21-9-4-8-20(11-12-21)14-19(24)22-10-3-5-16-13-17(25-2)6-7-18(16)22/h6-7,13H,3-5,8-12,14H2,1-2H3. The highest BCUT2D eigenvalue weighted by Crippen LogP contribution is 2.30. The van der Waals surface area contributed by atoms with Crippen molar-refractivity contribution in [2.24, 2.45) is 0 Å². The Labute approximate surface area is 149 Å². The number of carbonyl (C=O) groups is 2. The number of anilines is 1. The van der Waals surface area contributed by atoms with Crippen molar-refractivity contribution in [3.8, 4) is 5.75 Å². The molecule has 6 nitrogen and oxygen atoms in total. The molecule has 0 spiro atoms. The van der Waals surface area contributed by atoms with E-state index in [0.29, 0.717) is 13.1 Å². The molecule has 0 saturated carbocycles. The van der Waals surface area contributed by atoms with Gasteiger partial charge in [0.25, 0.3) is 0 Å². The van der Waals surface area contributed by atoms with Crippen LogP contribution >= 0.6 is 0 Å². The van der Waals surface area contributed by atoms with Gasteiger partial charge in [-0.2, -0.15) is 0 Å². The Balaban J connectivity index is 1.65. The number of carbonyl (C=O) groups excluding carboxylic acids is 2. The lowest BCUT2D eigenvalue weighted by molar-refractivity contribution is -0.128. The van der Waals surface area contributed by atoms with Gasteiger partial charge in [-0.25, -0.2) is 0 Å². The minimum absolute atomic E-state index is 0.118. The van der Waals surface area contributed by atoms with E-state index in [9.17, 15) is 9.59 Å². The Hall–Kier alpha value is -2.08. The summed E-state index contributed by atoms with van der Waals surface area (Å²) in [4.78, 5) is 30.4. The molecule has 2 heterocycles. The van der Waals surface area contributed by atoms with Crippen LogP contribution in [0.5, 0.6) is 5.75 Å². The van der Waals surface area contributed by atoms with Crippen LogP contribution in [0.1, 0.15) is 25.3 Å². The quantitative estimate of drug-likeness (QED) is 0.834. The van der Waals surface area contributed by atoms with Gasteiger partial charge >= 0.3 is 0 Å². The van der Waals surface area contributed by atoms with Crippen molar-refractivity contribution in [1.82, 2.24) is 9.80 Å². The van der Waals surface area contributed by atoms with E-state index in [-0.39, 0.29) is 11.8 Å². The molecule has 1 saturated heterocycles. The van der Waals surface area contributed by atoms with Gasteiger partial charge in [0, 0.05) is 45.3 Å². The van der Waals surface area contributed by atoms with Gasteiger partial charge in [-0.05, 0) is 43.0 Å². The van der Waals surface area contributed by atoms with Crippen LogP contribution in [0.15, 0.2) is 18.2 Å². The SMILES string of the molecule is COc1ccc2c(c1)CCCN2C(=O)CN1CCCN(C(C)=O)CC1. The van der Waals surface area contributed by atoms with Crippen LogP contribution in [0.4, 0.5) is 5.69 Å². The second kappa shape index (κ2) is 7.87. The summed E-state index contributed by atoms with van der Waals surface area (Å²) in [5, 5.41) is 0. The third-order valence-corrected chi connectivity index (χ3v) is 5.10. The number of ether oxygens (including phenoxy) is 1. The Morgan fingerprint density at radius 2 is 1.92 bits per heavy atom. The van der Waals surface area contributed by atoms with E-state index in [2.05, 4.69) is 4.90 Å². The molecular weight excluding hydrogens is 318 g/mol. The van der Waals surface area contributed by atoms with Crippen LogP contribution in [0.25, 0.3) is 0 Å². The number of benzene rings is 1. The molecule has 1 aromatic carbocycles. The first kappa shape index (κ1) is 17.7. The maximum absolute atomic E-state index is 12.9. The highest BCUT2D eigenvalue weighted by atomic mass is 16.5. The van der Waals surface area contributed by atoms with Gasteiger partial charge in [0.15, 0.2) is 0 Å². The molecule has 1 fully saturated rings. The van der Waals surface area contributed by atoms with E-state index in [0.717, 1.165) is 56.9 Å². The number of hydrogen-bond acceptors (Lipinski definition) is 4. The van der Waals surface area contributed by atoms with Crippen molar-refractivity contribution in [1.29, 1.82) is 0 Å². The molecular formula is C19H27N3O3. The molecule has 0 aliphatic carbocycles. The highest BCUT2D eigenvalue weighted by molar-refractivity contribution is 5.96. The summed E-state index contributed by atoms with van der Waals surface area (Å²) in [7, 11) is 1.66. The number of rotatable bonds is 3. The fraction of sp³-hybridized carbons (Fsp3) is 0.579. The van der Waals surface area contributed by atoms with Gasteiger partial charge in [-0.15, -0.1) is 0 Å². The lowest BCUT2D eigenvalue weighted by atomic mass is 10.0. The molecule has 25 heavy (non-hydrogen) atoms. The second-order valence-electron chi connectivity index (χ2n) is 6.78. The van der Waals surface area contributed by atoms with Crippen molar-refractivity contribution in [2.75, 3.05) is 51.3 Å². The molecule has 2 amide bonds. The molecule has 0 aromatic heterocycles. The largest absolute Gasteiger partial charge is 0.497 e. The van der Waals surface area contributed by atoms with E-state index in [4.69, 9.17) is 4.74 Å². The van der Waals surface area contributed by atoms with Gasteiger partial charge in [0.05, 0.1) is 13.7 Å². The Morgan fingerprint density at radius 1 is 1.08 bits per heavy atom. The van der Waals surface area contributed by atoms with Crippen LogP contribution in [0.2, 0.25) is 0 Å². The van der Waals surface area contributed by atoms with E-state index in [1.165, 1.54) is 5.56 Å². The minimum Gasteiger partial charge on any atom is -0.497 e. The van der Waals surface area contributed by atoms with Gasteiger partial charge in [0.2, 0.25) is 11.8 Å². The zero-order chi connectivity index (χ0) is 17.8.